The number of nitrogens with zero attached hydrogens (tertiary/aromatic N) is 1. The van der Waals surface area contributed by atoms with Crippen LogP contribution in [0.3, 0.4) is 0 Å². The van der Waals surface area contributed by atoms with Gasteiger partial charge < -0.3 is 9.84 Å². The lowest BCUT2D eigenvalue weighted by molar-refractivity contribution is 0.102. The Hall–Kier alpha value is -1.63. The number of hydrogen-bond acceptors (Lipinski definition) is 4. The molecule has 0 aliphatic carbocycles. The second-order valence-electron chi connectivity index (χ2n) is 4.93. The van der Waals surface area contributed by atoms with Gasteiger partial charge in [-0.3, -0.25) is 4.79 Å². The van der Waals surface area contributed by atoms with E-state index in [1.54, 1.807) is 19.1 Å². The average molecular weight is 412 g/mol. The fourth-order valence-corrected chi connectivity index (χ4v) is 3.73. The molecule has 0 bridgehead atoms. The molecule has 0 aliphatic heterocycles. The van der Waals surface area contributed by atoms with Gasteiger partial charge in [-0.25, -0.2) is 0 Å². The van der Waals surface area contributed by atoms with E-state index < -0.39 is 0 Å². The molecule has 118 valence electrons. The Kier molecular flexibility index (Phi) is 4.57. The van der Waals surface area contributed by atoms with Gasteiger partial charge in [0.2, 0.25) is 0 Å². The van der Waals surface area contributed by atoms with Crippen molar-refractivity contribution in [1.82, 2.24) is 5.16 Å². The molecule has 4 nitrogen and oxygen atoms in total. The number of benzene rings is 1. The first-order valence-corrected chi connectivity index (χ1v) is 8.74. The fourth-order valence-electron chi connectivity index (χ4n) is 2.18. The minimum Gasteiger partial charge on any atom is -0.360 e. The number of aromatic nitrogens is 1. The molecule has 7 heteroatoms. The van der Waals surface area contributed by atoms with Crippen molar-refractivity contribution in [3.8, 4) is 10.6 Å². The number of amides is 1. The van der Waals surface area contributed by atoms with Crippen LogP contribution in [-0.2, 0) is 0 Å². The standard InChI is InChI=1S/C16H12BrClN2O2S/c1-8-10(18)4-3-5-11(8)19-16(21)14-9(2)22-20-15(14)12-6-7-13(17)23-12/h3-7H,1-2H3,(H,19,21). The first kappa shape index (κ1) is 16.2. The third-order valence-corrected chi connectivity index (χ3v) is 5.45. The molecule has 0 saturated carbocycles. The number of halogens is 2. The van der Waals surface area contributed by atoms with E-state index in [1.165, 1.54) is 11.3 Å². The quantitative estimate of drug-likeness (QED) is 0.602. The van der Waals surface area contributed by atoms with E-state index in [2.05, 4.69) is 26.4 Å². The topological polar surface area (TPSA) is 55.1 Å². The zero-order valence-electron chi connectivity index (χ0n) is 12.3. The van der Waals surface area contributed by atoms with Gasteiger partial charge in [-0.1, -0.05) is 22.8 Å². The molecule has 1 amide bonds. The van der Waals surface area contributed by atoms with Crippen LogP contribution in [0.4, 0.5) is 5.69 Å². The van der Waals surface area contributed by atoms with E-state index in [9.17, 15) is 4.79 Å². The molecule has 2 heterocycles. The zero-order valence-corrected chi connectivity index (χ0v) is 15.5. The SMILES string of the molecule is Cc1onc(-c2ccc(Br)s2)c1C(=O)Nc1cccc(Cl)c1C. The Morgan fingerprint density at radius 1 is 1.30 bits per heavy atom. The van der Waals surface area contributed by atoms with Crippen LogP contribution < -0.4 is 5.32 Å². The summed E-state index contributed by atoms with van der Waals surface area (Å²) in [5, 5.41) is 7.51. The van der Waals surface area contributed by atoms with Gasteiger partial charge in [-0.15, -0.1) is 11.3 Å². The fraction of sp³-hybridized carbons (Fsp3) is 0.125. The summed E-state index contributed by atoms with van der Waals surface area (Å²) >= 11 is 11.0. The van der Waals surface area contributed by atoms with Crippen LogP contribution in [0.1, 0.15) is 21.7 Å². The van der Waals surface area contributed by atoms with Crippen LogP contribution in [0.15, 0.2) is 38.6 Å². The van der Waals surface area contributed by atoms with Crippen molar-refractivity contribution < 1.29 is 9.32 Å². The highest BCUT2D eigenvalue weighted by Gasteiger charge is 2.23. The lowest BCUT2D eigenvalue weighted by Crippen LogP contribution is -2.14. The highest BCUT2D eigenvalue weighted by Crippen LogP contribution is 2.34. The van der Waals surface area contributed by atoms with Gasteiger partial charge >= 0.3 is 0 Å². The van der Waals surface area contributed by atoms with E-state index >= 15 is 0 Å². The van der Waals surface area contributed by atoms with Gasteiger partial charge in [0, 0.05) is 10.7 Å². The molecule has 0 aliphatic rings. The van der Waals surface area contributed by atoms with Crippen LogP contribution in [0.2, 0.25) is 5.02 Å². The Labute approximate surface area is 150 Å². The molecule has 3 rings (SSSR count). The molecule has 0 fully saturated rings. The van der Waals surface area contributed by atoms with Crippen LogP contribution in [0.25, 0.3) is 10.6 Å². The number of carbonyl (C=O) groups excluding carboxylic acids is 1. The van der Waals surface area contributed by atoms with Crippen LogP contribution in [0.5, 0.6) is 0 Å². The largest absolute Gasteiger partial charge is 0.360 e. The van der Waals surface area contributed by atoms with Crippen molar-refractivity contribution in [2.75, 3.05) is 5.32 Å². The van der Waals surface area contributed by atoms with E-state index in [0.717, 1.165) is 14.2 Å². The molecule has 0 atom stereocenters. The van der Waals surface area contributed by atoms with Crippen molar-refractivity contribution in [2.24, 2.45) is 0 Å². The molecule has 0 saturated heterocycles. The highest BCUT2D eigenvalue weighted by atomic mass is 79.9. The molecular weight excluding hydrogens is 400 g/mol. The van der Waals surface area contributed by atoms with Gasteiger partial charge in [-0.05, 0) is 59.6 Å². The number of aryl methyl sites for hydroxylation is 1. The second kappa shape index (κ2) is 6.47. The predicted octanol–water partition coefficient (Wildman–Crippen LogP) is 5.69. The minimum atomic E-state index is -0.270. The maximum absolute atomic E-state index is 12.7. The Bertz CT molecular complexity index is 888. The first-order valence-electron chi connectivity index (χ1n) is 6.76. The van der Waals surface area contributed by atoms with Crippen LogP contribution in [-0.4, -0.2) is 11.1 Å². The summed E-state index contributed by atoms with van der Waals surface area (Å²) in [5.41, 5.74) is 2.45. The summed E-state index contributed by atoms with van der Waals surface area (Å²) in [7, 11) is 0. The van der Waals surface area contributed by atoms with Crippen molar-refractivity contribution in [3.05, 3.63) is 56.0 Å². The van der Waals surface area contributed by atoms with Crippen LogP contribution in [0, 0.1) is 13.8 Å². The first-order chi connectivity index (χ1) is 11.0. The van der Waals surface area contributed by atoms with Gasteiger partial charge in [0.15, 0.2) is 0 Å². The zero-order chi connectivity index (χ0) is 16.6. The summed E-state index contributed by atoms with van der Waals surface area (Å²) in [6, 6.07) is 9.19. The minimum absolute atomic E-state index is 0.270. The smallest absolute Gasteiger partial charge is 0.261 e. The number of nitrogens with one attached hydrogen (secondary N) is 1. The number of rotatable bonds is 3. The van der Waals surface area contributed by atoms with Crippen molar-refractivity contribution >= 4 is 50.5 Å². The summed E-state index contributed by atoms with van der Waals surface area (Å²) in [6.45, 7) is 3.58. The lowest BCUT2D eigenvalue weighted by atomic mass is 10.1. The number of carbonyl (C=O) groups is 1. The Balaban J connectivity index is 1.97. The maximum atomic E-state index is 12.7. The number of thiophene rings is 1. The van der Waals surface area contributed by atoms with E-state index in [-0.39, 0.29) is 5.91 Å². The van der Waals surface area contributed by atoms with Gasteiger partial charge in [0.1, 0.15) is 17.0 Å². The Morgan fingerprint density at radius 2 is 2.09 bits per heavy atom. The summed E-state index contributed by atoms with van der Waals surface area (Å²) < 4.78 is 6.19. The third kappa shape index (κ3) is 3.20. The summed E-state index contributed by atoms with van der Waals surface area (Å²) in [4.78, 5) is 13.6. The molecular formula is C16H12BrClN2O2S. The third-order valence-electron chi connectivity index (χ3n) is 3.41. The van der Waals surface area contributed by atoms with Gasteiger partial charge in [0.05, 0.1) is 8.66 Å². The Morgan fingerprint density at radius 3 is 2.78 bits per heavy atom. The molecule has 2 aromatic heterocycles. The van der Waals surface area contributed by atoms with Gasteiger partial charge in [0.25, 0.3) is 5.91 Å². The predicted molar refractivity (Wildman–Crippen MR) is 96.4 cm³/mol. The normalized spacial score (nSPS) is 10.8. The molecule has 1 N–H and O–H groups in total. The summed E-state index contributed by atoms with van der Waals surface area (Å²) in [6.07, 6.45) is 0. The van der Waals surface area contributed by atoms with Gasteiger partial charge in [-0.2, -0.15) is 0 Å². The van der Waals surface area contributed by atoms with E-state index in [0.29, 0.717) is 27.7 Å². The molecule has 3 aromatic rings. The van der Waals surface area contributed by atoms with E-state index in [1.807, 2.05) is 25.1 Å². The van der Waals surface area contributed by atoms with Crippen molar-refractivity contribution in [1.29, 1.82) is 0 Å². The highest BCUT2D eigenvalue weighted by molar-refractivity contribution is 9.11. The molecule has 0 spiro atoms. The summed E-state index contributed by atoms with van der Waals surface area (Å²) in [5.74, 6) is 0.204. The molecule has 23 heavy (non-hydrogen) atoms. The van der Waals surface area contributed by atoms with Crippen LogP contribution >= 0.6 is 38.9 Å². The lowest BCUT2D eigenvalue weighted by Gasteiger charge is -2.09. The number of anilines is 1. The monoisotopic (exact) mass is 410 g/mol. The maximum Gasteiger partial charge on any atom is 0.261 e. The second-order valence-corrected chi connectivity index (χ2v) is 7.80. The molecule has 0 radical (unpaired) electrons. The van der Waals surface area contributed by atoms with Crippen molar-refractivity contribution in [3.63, 3.8) is 0 Å². The molecule has 0 unspecified atom stereocenters. The number of hydrogen-bond donors (Lipinski definition) is 1. The van der Waals surface area contributed by atoms with E-state index in [4.69, 9.17) is 16.1 Å². The molecule has 1 aromatic carbocycles. The average Bonchev–Trinajstić information content (AvgIpc) is 3.09. The van der Waals surface area contributed by atoms with Crippen molar-refractivity contribution in [2.45, 2.75) is 13.8 Å².